The highest BCUT2D eigenvalue weighted by Gasteiger charge is 2.30. The molecule has 1 fully saturated rings. The summed E-state index contributed by atoms with van der Waals surface area (Å²) in [4.78, 5) is 13.3. The number of nitrogens with zero attached hydrogens (tertiary/aromatic N) is 5. The van der Waals surface area contributed by atoms with E-state index in [1.165, 1.54) is 12.3 Å². The summed E-state index contributed by atoms with van der Waals surface area (Å²) in [5, 5.41) is 15.8. The predicted molar refractivity (Wildman–Crippen MR) is 128 cm³/mol. The maximum atomic E-state index is 12.9. The van der Waals surface area contributed by atoms with Gasteiger partial charge in [0.15, 0.2) is 0 Å². The van der Waals surface area contributed by atoms with E-state index in [-0.39, 0.29) is 12.5 Å². The predicted octanol–water partition coefficient (Wildman–Crippen LogP) is 6.95. The highest BCUT2D eigenvalue weighted by atomic mass is 19.4. The molecular weight excluding hydrogens is 455 g/mol. The van der Waals surface area contributed by atoms with Crippen LogP contribution in [0.15, 0.2) is 71.0 Å². The van der Waals surface area contributed by atoms with Gasteiger partial charge in [0.25, 0.3) is 5.95 Å². The highest BCUT2D eigenvalue weighted by Crippen LogP contribution is 2.32. The third-order valence-corrected chi connectivity index (χ3v) is 5.54. The van der Waals surface area contributed by atoms with Gasteiger partial charge in [0.05, 0.1) is 40.0 Å². The van der Waals surface area contributed by atoms with E-state index in [0.29, 0.717) is 23.1 Å². The molecule has 7 nitrogen and oxygen atoms in total. The Bertz CT molecular complexity index is 1380. The van der Waals surface area contributed by atoms with Crippen LogP contribution in [0.2, 0.25) is 0 Å². The average Bonchev–Trinajstić information content (AvgIpc) is 3.65. The number of para-hydroxylation sites is 1. The Labute approximate surface area is 199 Å². The van der Waals surface area contributed by atoms with E-state index in [1.54, 1.807) is 18.2 Å². The maximum absolute atomic E-state index is 12.9. The molecule has 2 aromatic heterocycles. The first kappa shape index (κ1) is 22.7. The van der Waals surface area contributed by atoms with Gasteiger partial charge in [0.2, 0.25) is 0 Å². The van der Waals surface area contributed by atoms with Crippen LogP contribution in [0.1, 0.15) is 29.8 Å². The molecule has 1 aliphatic carbocycles. The number of benzene rings is 2. The summed E-state index contributed by atoms with van der Waals surface area (Å²) >= 11 is 0. The van der Waals surface area contributed by atoms with E-state index in [9.17, 15) is 13.2 Å². The van der Waals surface area contributed by atoms with Crippen LogP contribution in [0.4, 0.5) is 36.2 Å². The van der Waals surface area contributed by atoms with Crippen molar-refractivity contribution in [3.63, 3.8) is 0 Å². The number of nitrogens with one attached hydrogen (secondary N) is 2. The number of anilines is 3. The zero-order chi connectivity index (χ0) is 24.4. The van der Waals surface area contributed by atoms with Crippen LogP contribution in [-0.2, 0) is 12.7 Å². The molecule has 1 aliphatic rings. The first-order valence-electron chi connectivity index (χ1n) is 11.2. The number of fused-ring (bicyclic) bond motifs is 1. The minimum absolute atomic E-state index is 0.215. The molecule has 2 heterocycles. The van der Waals surface area contributed by atoms with Crippen LogP contribution in [0.3, 0.4) is 0 Å². The summed E-state index contributed by atoms with van der Waals surface area (Å²) in [7, 11) is 0. The Morgan fingerprint density at radius 3 is 2.57 bits per heavy atom. The number of alkyl halides is 3. The fourth-order valence-electron chi connectivity index (χ4n) is 3.60. The molecule has 0 spiro atoms. The van der Waals surface area contributed by atoms with E-state index in [0.717, 1.165) is 47.3 Å². The number of halogens is 3. The second-order valence-corrected chi connectivity index (χ2v) is 8.37. The van der Waals surface area contributed by atoms with Gasteiger partial charge in [0, 0.05) is 17.1 Å². The number of hydrogen-bond donors (Lipinski definition) is 2. The summed E-state index contributed by atoms with van der Waals surface area (Å²) in [6, 6.07) is 14.9. The lowest BCUT2D eigenvalue weighted by Gasteiger charge is -2.10. The van der Waals surface area contributed by atoms with Gasteiger partial charge in [-0.3, -0.25) is 4.98 Å². The molecule has 0 aliphatic heterocycles. The van der Waals surface area contributed by atoms with E-state index < -0.39 is 11.7 Å². The standard InChI is InChI=1S/C25H22F3N7/c1-15-21-6-3-7-22(33-17-8-9-17)23(21)34-24(31-15)35-30-14-19-10-11-20(13-29-19)32-18-5-2-4-16(12-18)25(26,27)28/h2-7,10-13,17,32-33H,8-9,14H2,1H3. The van der Waals surface area contributed by atoms with Gasteiger partial charge in [-0.15, -0.1) is 5.11 Å². The van der Waals surface area contributed by atoms with Crippen LogP contribution in [0.25, 0.3) is 10.9 Å². The van der Waals surface area contributed by atoms with Gasteiger partial charge >= 0.3 is 6.18 Å². The molecule has 4 aromatic rings. The van der Waals surface area contributed by atoms with Gasteiger partial charge in [-0.25, -0.2) is 9.97 Å². The Morgan fingerprint density at radius 1 is 1.00 bits per heavy atom. The molecule has 0 unspecified atom stereocenters. The Balaban J connectivity index is 1.26. The van der Waals surface area contributed by atoms with Crippen molar-refractivity contribution in [2.45, 2.75) is 38.5 Å². The van der Waals surface area contributed by atoms with Gasteiger partial charge < -0.3 is 10.6 Å². The molecular formula is C25H22F3N7. The summed E-state index contributed by atoms with van der Waals surface area (Å²) < 4.78 is 38.7. The molecule has 35 heavy (non-hydrogen) atoms. The van der Waals surface area contributed by atoms with Crippen LogP contribution in [0.5, 0.6) is 0 Å². The second kappa shape index (κ2) is 9.28. The lowest BCUT2D eigenvalue weighted by molar-refractivity contribution is -0.137. The summed E-state index contributed by atoms with van der Waals surface area (Å²) in [5.74, 6) is 0.280. The van der Waals surface area contributed by atoms with Crippen molar-refractivity contribution in [3.05, 3.63) is 77.7 Å². The third-order valence-electron chi connectivity index (χ3n) is 5.54. The lowest BCUT2D eigenvalue weighted by atomic mass is 10.1. The van der Waals surface area contributed by atoms with Crippen molar-refractivity contribution in [2.24, 2.45) is 10.2 Å². The number of azo groups is 1. The van der Waals surface area contributed by atoms with Crippen molar-refractivity contribution < 1.29 is 13.2 Å². The molecule has 0 atom stereocenters. The van der Waals surface area contributed by atoms with Crippen molar-refractivity contribution in [3.8, 4) is 0 Å². The van der Waals surface area contributed by atoms with E-state index in [2.05, 4.69) is 35.8 Å². The number of pyridine rings is 1. The van der Waals surface area contributed by atoms with Crippen LogP contribution >= 0.6 is 0 Å². The van der Waals surface area contributed by atoms with E-state index in [4.69, 9.17) is 0 Å². The topological polar surface area (TPSA) is 87.5 Å². The molecule has 1 saturated carbocycles. The first-order valence-corrected chi connectivity index (χ1v) is 11.2. The fourth-order valence-corrected chi connectivity index (χ4v) is 3.60. The Kier molecular flexibility index (Phi) is 6.02. The normalized spacial score (nSPS) is 13.9. The first-order chi connectivity index (χ1) is 16.8. The fraction of sp³-hybridized carbons (Fsp3) is 0.240. The lowest BCUT2D eigenvalue weighted by Crippen LogP contribution is -2.05. The third kappa shape index (κ3) is 5.53. The number of aromatic nitrogens is 3. The molecule has 10 heteroatoms. The maximum Gasteiger partial charge on any atom is 0.416 e. The van der Waals surface area contributed by atoms with Crippen molar-refractivity contribution >= 4 is 33.9 Å². The van der Waals surface area contributed by atoms with Gasteiger partial charge in [-0.2, -0.15) is 18.3 Å². The summed E-state index contributed by atoms with van der Waals surface area (Å²) in [5.41, 5.74) is 3.45. The van der Waals surface area contributed by atoms with Crippen molar-refractivity contribution in [2.75, 3.05) is 10.6 Å². The van der Waals surface area contributed by atoms with Gasteiger partial charge in [0.1, 0.15) is 6.54 Å². The highest BCUT2D eigenvalue weighted by molar-refractivity contribution is 5.92. The SMILES string of the molecule is Cc1nc(N=NCc2ccc(Nc3cccc(C(F)(F)F)c3)cn2)nc2c(NC3CC3)cccc12. The van der Waals surface area contributed by atoms with E-state index in [1.807, 2.05) is 25.1 Å². The largest absolute Gasteiger partial charge is 0.416 e. The van der Waals surface area contributed by atoms with Crippen LogP contribution in [-0.4, -0.2) is 21.0 Å². The number of aryl methyl sites for hydroxylation is 1. The molecule has 0 saturated heterocycles. The van der Waals surface area contributed by atoms with Crippen LogP contribution in [0, 0.1) is 6.92 Å². The zero-order valence-corrected chi connectivity index (χ0v) is 18.8. The van der Waals surface area contributed by atoms with Gasteiger partial charge in [-0.05, 0) is 56.2 Å². The van der Waals surface area contributed by atoms with E-state index >= 15 is 0 Å². The van der Waals surface area contributed by atoms with Crippen molar-refractivity contribution in [1.29, 1.82) is 0 Å². The molecule has 2 aromatic carbocycles. The summed E-state index contributed by atoms with van der Waals surface area (Å²) in [6.07, 6.45) is -0.534. The molecule has 2 N–H and O–H groups in total. The minimum Gasteiger partial charge on any atom is -0.381 e. The monoisotopic (exact) mass is 477 g/mol. The van der Waals surface area contributed by atoms with Crippen molar-refractivity contribution in [1.82, 2.24) is 15.0 Å². The molecule has 5 rings (SSSR count). The number of rotatable bonds is 7. The minimum atomic E-state index is -4.40. The Hall–Kier alpha value is -4.08. The molecule has 178 valence electrons. The molecule has 0 radical (unpaired) electrons. The average molecular weight is 477 g/mol. The van der Waals surface area contributed by atoms with Gasteiger partial charge in [-0.1, -0.05) is 18.2 Å². The zero-order valence-electron chi connectivity index (χ0n) is 18.8. The Morgan fingerprint density at radius 2 is 1.83 bits per heavy atom. The second-order valence-electron chi connectivity index (χ2n) is 8.37. The molecule has 0 bridgehead atoms. The smallest absolute Gasteiger partial charge is 0.381 e. The quantitative estimate of drug-likeness (QED) is 0.281. The van der Waals surface area contributed by atoms with Crippen LogP contribution < -0.4 is 10.6 Å². The molecule has 0 amide bonds. The number of hydrogen-bond acceptors (Lipinski definition) is 7. The summed E-state index contributed by atoms with van der Waals surface area (Å²) in [6.45, 7) is 2.13.